The van der Waals surface area contributed by atoms with E-state index < -0.39 is 15.6 Å². The van der Waals surface area contributed by atoms with E-state index in [0.717, 1.165) is 0 Å². The molecule has 0 heterocycles. The molecular formula is C8H8O5S. The number of aldehydes is 1. The minimum absolute atomic E-state index is 0.0162. The molecule has 0 amide bonds. The molecule has 0 aliphatic carbocycles. The van der Waals surface area contributed by atoms with Crippen LogP contribution in [0.2, 0.25) is 0 Å². The largest absolute Gasteiger partial charge is 0.464 e. The summed E-state index contributed by atoms with van der Waals surface area (Å²) >= 11 is 0. The highest BCUT2D eigenvalue weighted by Crippen LogP contribution is 2.11. The van der Waals surface area contributed by atoms with Gasteiger partial charge in [0.1, 0.15) is 5.75 Å². The molecule has 1 rings (SSSR count). The number of carbonyl (C=O) groups excluding carboxylic acids is 1. The first kappa shape index (κ1) is 10.7. The highest BCUT2D eigenvalue weighted by atomic mass is 32.2. The van der Waals surface area contributed by atoms with Crippen molar-refractivity contribution in [2.24, 2.45) is 0 Å². The summed E-state index contributed by atoms with van der Waals surface area (Å²) in [5.41, 5.74) is -1.87. The Morgan fingerprint density at radius 2 is 1.86 bits per heavy atom. The highest BCUT2D eigenvalue weighted by Gasteiger charge is 2.23. The molecular weight excluding hydrogens is 208 g/mol. The van der Waals surface area contributed by atoms with Crippen molar-refractivity contribution in [1.29, 1.82) is 0 Å². The maximum atomic E-state index is 10.6. The van der Waals surface area contributed by atoms with Gasteiger partial charge in [-0.15, -0.1) is 0 Å². The molecule has 0 bridgehead atoms. The topological polar surface area (TPSA) is 80.7 Å². The molecule has 1 unspecified atom stereocenters. The van der Waals surface area contributed by atoms with Gasteiger partial charge in [0.15, 0.2) is 6.29 Å². The predicted molar refractivity (Wildman–Crippen MR) is 48.5 cm³/mol. The van der Waals surface area contributed by atoms with E-state index in [9.17, 15) is 13.2 Å². The minimum atomic E-state index is -4.50. The average molecular weight is 216 g/mol. The van der Waals surface area contributed by atoms with Crippen LogP contribution in [0, 0.1) is 0 Å². The monoisotopic (exact) mass is 216 g/mol. The summed E-state index contributed by atoms with van der Waals surface area (Å²) in [6, 6.07) is 7.88. The normalized spacial score (nSPS) is 13.2. The van der Waals surface area contributed by atoms with Crippen LogP contribution in [0.25, 0.3) is 0 Å². The van der Waals surface area contributed by atoms with Crippen LogP contribution < -0.4 is 4.74 Å². The van der Waals surface area contributed by atoms with Gasteiger partial charge in [-0.3, -0.25) is 9.35 Å². The van der Waals surface area contributed by atoms with Gasteiger partial charge in [-0.2, -0.15) is 8.42 Å². The smallest absolute Gasteiger partial charge is 0.310 e. The highest BCUT2D eigenvalue weighted by molar-refractivity contribution is 7.87. The number of hydrogen-bond donors (Lipinski definition) is 1. The number of para-hydroxylation sites is 1. The molecule has 1 aromatic rings. The van der Waals surface area contributed by atoms with Crippen molar-refractivity contribution in [3.63, 3.8) is 0 Å². The maximum Gasteiger partial charge on any atom is 0.310 e. The fourth-order valence-corrected chi connectivity index (χ4v) is 1.17. The zero-order chi connectivity index (χ0) is 10.6. The third-order valence-electron chi connectivity index (χ3n) is 1.40. The first-order chi connectivity index (χ1) is 6.54. The first-order valence-corrected chi connectivity index (χ1v) is 5.17. The van der Waals surface area contributed by atoms with Gasteiger partial charge in [0, 0.05) is 0 Å². The molecule has 14 heavy (non-hydrogen) atoms. The third-order valence-corrected chi connectivity index (χ3v) is 2.19. The summed E-state index contributed by atoms with van der Waals surface area (Å²) < 4.78 is 34.4. The van der Waals surface area contributed by atoms with Gasteiger partial charge in [-0.25, -0.2) is 0 Å². The van der Waals surface area contributed by atoms with E-state index in [0.29, 0.717) is 0 Å². The SMILES string of the molecule is O=CC(Oc1ccccc1)S(=O)(=O)O. The number of ether oxygens (including phenoxy) is 1. The zero-order valence-corrected chi connectivity index (χ0v) is 7.85. The Hall–Kier alpha value is -1.40. The molecule has 6 heteroatoms. The van der Waals surface area contributed by atoms with E-state index in [1.54, 1.807) is 18.2 Å². The second-order valence-corrected chi connectivity index (χ2v) is 3.94. The van der Waals surface area contributed by atoms with E-state index in [4.69, 9.17) is 9.29 Å². The molecule has 0 aromatic heterocycles. The molecule has 0 aliphatic rings. The maximum absolute atomic E-state index is 10.6. The van der Waals surface area contributed by atoms with Gasteiger partial charge in [-0.1, -0.05) is 18.2 Å². The average Bonchev–Trinajstić information content (AvgIpc) is 2.14. The van der Waals surface area contributed by atoms with E-state index in [1.165, 1.54) is 12.1 Å². The number of rotatable bonds is 4. The summed E-state index contributed by atoms with van der Waals surface area (Å²) in [6.45, 7) is 0. The number of carbonyl (C=O) groups is 1. The van der Waals surface area contributed by atoms with Crippen molar-refractivity contribution < 1.29 is 22.5 Å². The van der Waals surface area contributed by atoms with Gasteiger partial charge in [0.05, 0.1) is 0 Å². The predicted octanol–water partition coefficient (Wildman–Crippen LogP) is 0.478. The summed E-state index contributed by atoms with van der Waals surface area (Å²) in [5, 5.41) is 0. The zero-order valence-electron chi connectivity index (χ0n) is 7.03. The number of benzene rings is 1. The standard InChI is InChI=1S/C8H8O5S/c9-6-8(14(10,11)12)13-7-4-2-1-3-5-7/h1-6,8H,(H,10,11,12). The second-order valence-electron chi connectivity index (χ2n) is 2.45. The molecule has 0 fully saturated rings. The van der Waals surface area contributed by atoms with Crippen LogP contribution in [0.4, 0.5) is 0 Å². The summed E-state index contributed by atoms with van der Waals surface area (Å²) in [6.07, 6.45) is 0.0162. The van der Waals surface area contributed by atoms with Crippen molar-refractivity contribution in [1.82, 2.24) is 0 Å². The third kappa shape index (κ3) is 2.82. The van der Waals surface area contributed by atoms with Crippen molar-refractivity contribution in [3.8, 4) is 5.75 Å². The summed E-state index contributed by atoms with van der Waals surface area (Å²) in [5.74, 6) is 0.197. The molecule has 0 spiro atoms. The van der Waals surface area contributed by atoms with Crippen molar-refractivity contribution >= 4 is 16.4 Å². The summed E-state index contributed by atoms with van der Waals surface area (Å²) in [7, 11) is -4.50. The lowest BCUT2D eigenvalue weighted by atomic mass is 10.3. The van der Waals surface area contributed by atoms with Crippen LogP contribution >= 0.6 is 0 Å². The Kier molecular flexibility index (Phi) is 3.21. The molecule has 0 saturated carbocycles. The summed E-state index contributed by atoms with van der Waals surface area (Å²) in [4.78, 5) is 10.3. The Balaban J connectivity index is 2.82. The lowest BCUT2D eigenvalue weighted by Gasteiger charge is -2.09. The molecule has 0 saturated heterocycles. The van der Waals surface area contributed by atoms with Crippen LogP contribution in [0.15, 0.2) is 30.3 Å². The van der Waals surface area contributed by atoms with Crippen molar-refractivity contribution in [2.75, 3.05) is 0 Å². The van der Waals surface area contributed by atoms with Crippen molar-refractivity contribution in [3.05, 3.63) is 30.3 Å². The van der Waals surface area contributed by atoms with Crippen LogP contribution in [0.1, 0.15) is 0 Å². The molecule has 76 valence electrons. The number of hydrogen-bond acceptors (Lipinski definition) is 4. The van der Waals surface area contributed by atoms with Crippen LogP contribution in [-0.4, -0.2) is 24.7 Å². The van der Waals surface area contributed by atoms with E-state index in [2.05, 4.69) is 0 Å². The van der Waals surface area contributed by atoms with Gasteiger partial charge in [-0.05, 0) is 12.1 Å². The van der Waals surface area contributed by atoms with E-state index >= 15 is 0 Å². The lowest BCUT2D eigenvalue weighted by molar-refractivity contribution is -0.111. The fourth-order valence-electron chi connectivity index (χ4n) is 0.792. The van der Waals surface area contributed by atoms with E-state index in [-0.39, 0.29) is 12.0 Å². The Morgan fingerprint density at radius 3 is 2.29 bits per heavy atom. The van der Waals surface area contributed by atoms with Crippen molar-refractivity contribution in [2.45, 2.75) is 5.44 Å². The first-order valence-electron chi connectivity index (χ1n) is 3.67. The molecule has 5 nitrogen and oxygen atoms in total. The van der Waals surface area contributed by atoms with Gasteiger partial charge < -0.3 is 4.74 Å². The molecule has 1 N–H and O–H groups in total. The van der Waals surface area contributed by atoms with Gasteiger partial charge in [0.2, 0.25) is 0 Å². The molecule has 0 aliphatic heterocycles. The molecule has 1 atom stereocenters. The van der Waals surface area contributed by atoms with Gasteiger partial charge >= 0.3 is 10.1 Å². The fraction of sp³-hybridized carbons (Fsp3) is 0.125. The molecule has 1 aromatic carbocycles. The van der Waals surface area contributed by atoms with Crippen LogP contribution in [-0.2, 0) is 14.9 Å². The Morgan fingerprint density at radius 1 is 1.29 bits per heavy atom. The van der Waals surface area contributed by atoms with Crippen LogP contribution in [0.5, 0.6) is 5.75 Å². The Labute approximate surface area is 81.1 Å². The quantitative estimate of drug-likeness (QED) is 0.584. The molecule has 0 radical (unpaired) electrons. The Bertz CT molecular complexity index is 397. The van der Waals surface area contributed by atoms with Gasteiger partial charge in [0.25, 0.3) is 5.44 Å². The lowest BCUT2D eigenvalue weighted by Crippen LogP contribution is -2.28. The van der Waals surface area contributed by atoms with Crippen LogP contribution in [0.3, 0.4) is 0 Å². The second kappa shape index (κ2) is 4.21. The minimum Gasteiger partial charge on any atom is -0.464 e. The van der Waals surface area contributed by atoms with E-state index in [1.807, 2.05) is 0 Å².